The lowest BCUT2D eigenvalue weighted by molar-refractivity contribution is 0.496. The van der Waals surface area contributed by atoms with Gasteiger partial charge in [-0.3, -0.25) is 0 Å². The number of fused-ring (bicyclic) bond motifs is 3. The van der Waals surface area contributed by atoms with Crippen molar-refractivity contribution in [1.29, 1.82) is 5.26 Å². The fourth-order valence-electron chi connectivity index (χ4n) is 3.68. The van der Waals surface area contributed by atoms with Gasteiger partial charge in [-0.05, 0) is 40.3 Å². The SMILES string of the molecule is CCc1c(-c2ccccc2)cc2c(c1OC#N)Cc1ccccc1-2. The number of hydrogen-bond donors (Lipinski definition) is 0. The van der Waals surface area contributed by atoms with E-state index in [4.69, 9.17) is 4.74 Å². The Morgan fingerprint density at radius 3 is 2.46 bits per heavy atom. The Bertz CT molecular complexity index is 952. The number of nitriles is 1. The number of ether oxygens (including phenoxy) is 1. The molecule has 0 N–H and O–H groups in total. The van der Waals surface area contributed by atoms with Gasteiger partial charge in [-0.25, -0.2) is 0 Å². The van der Waals surface area contributed by atoms with Crippen molar-refractivity contribution in [2.75, 3.05) is 0 Å². The van der Waals surface area contributed by atoms with Crippen LogP contribution in [0.15, 0.2) is 60.7 Å². The molecule has 1 aliphatic carbocycles. The molecule has 0 fully saturated rings. The quantitative estimate of drug-likeness (QED) is 0.478. The van der Waals surface area contributed by atoms with Crippen LogP contribution in [0.4, 0.5) is 0 Å². The van der Waals surface area contributed by atoms with Gasteiger partial charge < -0.3 is 4.74 Å². The molecule has 0 amide bonds. The van der Waals surface area contributed by atoms with Crippen LogP contribution in [0.2, 0.25) is 0 Å². The van der Waals surface area contributed by atoms with E-state index >= 15 is 0 Å². The normalized spacial score (nSPS) is 11.5. The van der Waals surface area contributed by atoms with Gasteiger partial charge in [0.05, 0.1) is 0 Å². The summed E-state index contributed by atoms with van der Waals surface area (Å²) < 4.78 is 5.47. The molecule has 0 bridgehead atoms. The van der Waals surface area contributed by atoms with E-state index in [0.29, 0.717) is 0 Å². The fourth-order valence-corrected chi connectivity index (χ4v) is 3.68. The Kier molecular flexibility index (Phi) is 3.55. The van der Waals surface area contributed by atoms with Crippen molar-refractivity contribution < 1.29 is 4.74 Å². The van der Waals surface area contributed by atoms with Crippen LogP contribution in [-0.4, -0.2) is 0 Å². The highest BCUT2D eigenvalue weighted by atomic mass is 16.5. The van der Waals surface area contributed by atoms with Crippen LogP contribution in [0.25, 0.3) is 22.3 Å². The number of hydrogen-bond acceptors (Lipinski definition) is 2. The van der Waals surface area contributed by atoms with Crippen LogP contribution in [0.5, 0.6) is 5.75 Å². The first-order valence-corrected chi connectivity index (χ1v) is 8.22. The molecule has 0 aliphatic heterocycles. The van der Waals surface area contributed by atoms with Gasteiger partial charge in [0.2, 0.25) is 0 Å². The maximum absolute atomic E-state index is 9.18. The molecule has 3 aromatic carbocycles. The van der Waals surface area contributed by atoms with Crippen LogP contribution < -0.4 is 4.74 Å². The maximum atomic E-state index is 9.18. The third-order valence-electron chi connectivity index (χ3n) is 4.75. The predicted molar refractivity (Wildman–Crippen MR) is 95.7 cm³/mol. The first-order chi connectivity index (χ1) is 11.8. The summed E-state index contributed by atoms with van der Waals surface area (Å²) in [5.41, 5.74) is 8.27. The third kappa shape index (κ3) is 2.18. The Morgan fingerprint density at radius 2 is 1.71 bits per heavy atom. The van der Waals surface area contributed by atoms with E-state index in [-0.39, 0.29) is 0 Å². The average Bonchev–Trinajstić information content (AvgIpc) is 3.01. The van der Waals surface area contributed by atoms with Crippen LogP contribution in [0.3, 0.4) is 0 Å². The third-order valence-corrected chi connectivity index (χ3v) is 4.75. The summed E-state index contributed by atoms with van der Waals surface area (Å²) in [5, 5.41) is 9.18. The van der Waals surface area contributed by atoms with Crippen molar-refractivity contribution in [3.05, 3.63) is 77.4 Å². The zero-order valence-corrected chi connectivity index (χ0v) is 13.5. The van der Waals surface area contributed by atoms with E-state index < -0.39 is 0 Å². The topological polar surface area (TPSA) is 33.0 Å². The summed E-state index contributed by atoms with van der Waals surface area (Å²) in [5.74, 6) is 0.743. The molecule has 0 heterocycles. The van der Waals surface area contributed by atoms with E-state index in [9.17, 15) is 5.26 Å². The molecule has 0 atom stereocenters. The molecule has 4 rings (SSSR count). The summed E-state index contributed by atoms with van der Waals surface area (Å²) >= 11 is 0. The lowest BCUT2D eigenvalue weighted by Crippen LogP contribution is -1.99. The first kappa shape index (κ1) is 14.5. The maximum Gasteiger partial charge on any atom is 0.292 e. The summed E-state index contributed by atoms with van der Waals surface area (Å²) in [7, 11) is 0. The molecule has 3 aromatic rings. The second kappa shape index (κ2) is 5.86. The van der Waals surface area contributed by atoms with Gasteiger partial charge in [0.25, 0.3) is 6.26 Å². The van der Waals surface area contributed by atoms with Gasteiger partial charge in [0.15, 0.2) is 0 Å². The van der Waals surface area contributed by atoms with E-state index in [1.807, 2.05) is 24.5 Å². The van der Waals surface area contributed by atoms with E-state index in [1.165, 1.54) is 16.7 Å². The highest BCUT2D eigenvalue weighted by Crippen LogP contribution is 2.46. The Morgan fingerprint density at radius 1 is 0.958 bits per heavy atom. The lowest BCUT2D eigenvalue weighted by Gasteiger charge is -2.16. The summed E-state index contributed by atoms with van der Waals surface area (Å²) in [6.45, 7) is 2.11. The number of benzene rings is 3. The molecule has 2 nitrogen and oxygen atoms in total. The Hall–Kier alpha value is -3.05. The number of nitrogens with zero attached hydrogens (tertiary/aromatic N) is 1. The Balaban J connectivity index is 2.03. The van der Waals surface area contributed by atoms with Crippen molar-refractivity contribution >= 4 is 0 Å². The molecular weight excluding hydrogens is 294 g/mol. The van der Waals surface area contributed by atoms with Crippen LogP contribution in [0, 0.1) is 11.5 Å². The largest absolute Gasteiger partial charge is 0.387 e. The zero-order chi connectivity index (χ0) is 16.5. The fraction of sp³-hybridized carbons (Fsp3) is 0.136. The highest BCUT2D eigenvalue weighted by Gasteiger charge is 2.26. The van der Waals surface area contributed by atoms with Crippen LogP contribution in [-0.2, 0) is 12.8 Å². The molecule has 1 aliphatic rings. The van der Waals surface area contributed by atoms with Gasteiger partial charge in [0, 0.05) is 17.5 Å². The Labute approximate surface area is 142 Å². The molecule has 116 valence electrons. The standard InChI is InChI=1S/C22H17NO/c1-2-17-19(15-8-4-3-5-9-15)13-20-18-11-7-6-10-16(18)12-21(20)22(17)24-14-23/h3-11,13H,2,12H2,1H3. The summed E-state index contributed by atoms with van der Waals surface area (Å²) in [6.07, 6.45) is 3.54. The van der Waals surface area contributed by atoms with Gasteiger partial charge in [0.1, 0.15) is 5.75 Å². The minimum atomic E-state index is 0.743. The molecule has 0 spiro atoms. The van der Waals surface area contributed by atoms with Crippen molar-refractivity contribution in [1.82, 2.24) is 0 Å². The molecule has 0 aromatic heterocycles. The molecule has 0 saturated carbocycles. The van der Waals surface area contributed by atoms with Crippen LogP contribution >= 0.6 is 0 Å². The highest BCUT2D eigenvalue weighted by molar-refractivity contribution is 5.86. The second-order valence-electron chi connectivity index (χ2n) is 6.00. The van der Waals surface area contributed by atoms with E-state index in [2.05, 4.69) is 49.4 Å². The summed E-state index contributed by atoms with van der Waals surface area (Å²) in [6, 6.07) is 21.0. The molecule has 0 unspecified atom stereocenters. The van der Waals surface area contributed by atoms with Gasteiger partial charge in [-0.2, -0.15) is 0 Å². The lowest BCUT2D eigenvalue weighted by atomic mass is 9.91. The monoisotopic (exact) mass is 311 g/mol. The molecule has 0 saturated heterocycles. The average molecular weight is 311 g/mol. The smallest absolute Gasteiger partial charge is 0.292 e. The molecule has 0 radical (unpaired) electrons. The predicted octanol–water partition coefficient (Wildman–Crippen LogP) is 5.35. The van der Waals surface area contributed by atoms with E-state index in [1.54, 1.807) is 0 Å². The van der Waals surface area contributed by atoms with Gasteiger partial charge >= 0.3 is 0 Å². The van der Waals surface area contributed by atoms with E-state index in [0.717, 1.165) is 40.8 Å². The minimum absolute atomic E-state index is 0.743. The molecule has 2 heteroatoms. The van der Waals surface area contributed by atoms with Crippen molar-refractivity contribution in [2.24, 2.45) is 0 Å². The second-order valence-corrected chi connectivity index (χ2v) is 6.00. The molecular formula is C22H17NO. The number of rotatable bonds is 3. The molecule has 24 heavy (non-hydrogen) atoms. The van der Waals surface area contributed by atoms with Gasteiger partial charge in [-0.1, -0.05) is 61.5 Å². The van der Waals surface area contributed by atoms with Crippen molar-refractivity contribution in [3.8, 4) is 34.3 Å². The van der Waals surface area contributed by atoms with Gasteiger partial charge in [-0.15, -0.1) is 5.26 Å². The summed E-state index contributed by atoms with van der Waals surface area (Å²) in [4.78, 5) is 0. The zero-order valence-electron chi connectivity index (χ0n) is 13.5. The minimum Gasteiger partial charge on any atom is -0.387 e. The van der Waals surface area contributed by atoms with Crippen molar-refractivity contribution in [3.63, 3.8) is 0 Å². The van der Waals surface area contributed by atoms with Crippen molar-refractivity contribution in [2.45, 2.75) is 19.8 Å². The van der Waals surface area contributed by atoms with Crippen LogP contribution in [0.1, 0.15) is 23.6 Å². The first-order valence-electron chi connectivity index (χ1n) is 8.22.